The van der Waals surface area contributed by atoms with E-state index in [4.69, 9.17) is 5.11 Å². The number of aliphatic carboxylic acids is 1. The molecule has 0 radical (unpaired) electrons. The van der Waals surface area contributed by atoms with Crippen LogP contribution in [0.5, 0.6) is 0 Å². The predicted molar refractivity (Wildman–Crippen MR) is 119 cm³/mol. The lowest BCUT2D eigenvalue weighted by Gasteiger charge is -2.11. The van der Waals surface area contributed by atoms with Gasteiger partial charge < -0.3 is 5.11 Å². The number of hydrogen-bond acceptors (Lipinski definition) is 1. The molecular formula is C27H18O2. The number of aryl methyl sites for hydroxylation is 1. The lowest BCUT2D eigenvalue weighted by Crippen LogP contribution is -1.97. The van der Waals surface area contributed by atoms with Crippen LogP contribution in [0.3, 0.4) is 0 Å². The zero-order valence-electron chi connectivity index (χ0n) is 15.8. The Bertz CT molecular complexity index is 1400. The van der Waals surface area contributed by atoms with Crippen LogP contribution in [-0.4, -0.2) is 11.1 Å². The maximum Gasteiger partial charge on any atom is 0.303 e. The Morgan fingerprint density at radius 3 is 2.10 bits per heavy atom. The van der Waals surface area contributed by atoms with Crippen molar-refractivity contribution in [2.75, 3.05) is 0 Å². The second-order valence-electron chi connectivity index (χ2n) is 7.31. The number of carboxylic acid groups (broad SMARTS) is 1. The first kappa shape index (κ1) is 17.3. The summed E-state index contributed by atoms with van der Waals surface area (Å²) in [5, 5.41) is 16.3. The molecule has 0 fully saturated rings. The lowest BCUT2D eigenvalue weighted by atomic mass is 9.92. The number of benzene rings is 5. The van der Waals surface area contributed by atoms with Crippen molar-refractivity contribution in [2.45, 2.75) is 12.8 Å². The third-order valence-corrected chi connectivity index (χ3v) is 5.45. The van der Waals surface area contributed by atoms with Crippen LogP contribution < -0.4 is 0 Å². The maximum atomic E-state index is 10.7. The summed E-state index contributed by atoms with van der Waals surface area (Å²) in [6.07, 6.45) is 0.686. The second-order valence-corrected chi connectivity index (χ2v) is 7.31. The Labute approximate surface area is 168 Å². The average Bonchev–Trinajstić information content (AvgIpc) is 2.75. The van der Waals surface area contributed by atoms with E-state index in [9.17, 15) is 4.79 Å². The van der Waals surface area contributed by atoms with Crippen molar-refractivity contribution in [2.24, 2.45) is 0 Å². The third kappa shape index (κ3) is 3.17. The van der Waals surface area contributed by atoms with Gasteiger partial charge in [0.15, 0.2) is 0 Å². The summed E-state index contributed by atoms with van der Waals surface area (Å²) in [6, 6.07) is 27.2. The minimum atomic E-state index is -0.775. The van der Waals surface area contributed by atoms with Gasteiger partial charge in [-0.1, -0.05) is 72.5 Å². The van der Waals surface area contributed by atoms with Crippen LogP contribution in [0, 0.1) is 11.8 Å². The van der Waals surface area contributed by atoms with Crippen molar-refractivity contribution in [1.82, 2.24) is 0 Å². The summed E-state index contributed by atoms with van der Waals surface area (Å²) >= 11 is 0. The van der Waals surface area contributed by atoms with Crippen LogP contribution in [0.2, 0.25) is 0 Å². The molecule has 0 aliphatic heterocycles. The van der Waals surface area contributed by atoms with E-state index >= 15 is 0 Å². The van der Waals surface area contributed by atoms with Crippen molar-refractivity contribution in [1.29, 1.82) is 0 Å². The molecule has 5 rings (SSSR count). The quantitative estimate of drug-likeness (QED) is 0.311. The molecule has 29 heavy (non-hydrogen) atoms. The maximum absolute atomic E-state index is 10.7. The van der Waals surface area contributed by atoms with E-state index in [0.29, 0.717) is 6.42 Å². The molecule has 0 spiro atoms. The van der Waals surface area contributed by atoms with Gasteiger partial charge in [-0.2, -0.15) is 0 Å². The van der Waals surface area contributed by atoms with E-state index in [1.807, 2.05) is 24.3 Å². The molecule has 2 nitrogen and oxygen atoms in total. The van der Waals surface area contributed by atoms with Gasteiger partial charge in [0.25, 0.3) is 0 Å². The standard InChI is InChI=1S/C27H18O2/c28-25(29)17-9-19-6-4-18(5-7-19)8-10-20-11-12-23-14-13-21-2-1-3-22-15-16-24(20)27(23)26(21)22/h1-7,11-16H,9,17H2,(H,28,29). The highest BCUT2D eigenvalue weighted by molar-refractivity contribution is 6.23. The largest absolute Gasteiger partial charge is 0.481 e. The van der Waals surface area contributed by atoms with Crippen molar-refractivity contribution >= 4 is 38.3 Å². The number of carbonyl (C=O) groups is 1. The van der Waals surface area contributed by atoms with Crippen LogP contribution in [0.1, 0.15) is 23.1 Å². The molecule has 0 amide bonds. The molecule has 0 aliphatic rings. The first-order chi connectivity index (χ1) is 14.2. The topological polar surface area (TPSA) is 37.3 Å². The van der Waals surface area contributed by atoms with E-state index in [0.717, 1.165) is 16.7 Å². The summed E-state index contributed by atoms with van der Waals surface area (Å²) < 4.78 is 0. The Morgan fingerprint density at radius 2 is 1.38 bits per heavy atom. The molecule has 5 aromatic rings. The van der Waals surface area contributed by atoms with E-state index in [2.05, 4.69) is 66.4 Å². The van der Waals surface area contributed by atoms with Crippen molar-refractivity contribution in [3.8, 4) is 11.8 Å². The minimum Gasteiger partial charge on any atom is -0.481 e. The molecule has 0 heterocycles. The highest BCUT2D eigenvalue weighted by Gasteiger charge is 2.09. The second kappa shape index (κ2) is 6.96. The van der Waals surface area contributed by atoms with Gasteiger partial charge in [-0.3, -0.25) is 4.79 Å². The summed E-state index contributed by atoms with van der Waals surface area (Å²) in [6.45, 7) is 0. The minimum absolute atomic E-state index is 0.147. The smallest absolute Gasteiger partial charge is 0.303 e. The van der Waals surface area contributed by atoms with Gasteiger partial charge in [0, 0.05) is 17.5 Å². The van der Waals surface area contributed by atoms with Gasteiger partial charge in [-0.25, -0.2) is 0 Å². The van der Waals surface area contributed by atoms with Crippen LogP contribution in [-0.2, 0) is 11.2 Å². The summed E-state index contributed by atoms with van der Waals surface area (Å²) in [5.41, 5.74) is 2.96. The fourth-order valence-electron chi connectivity index (χ4n) is 3.99. The van der Waals surface area contributed by atoms with Gasteiger partial charge in [0.05, 0.1) is 0 Å². The first-order valence-corrected chi connectivity index (χ1v) is 9.68. The summed E-state index contributed by atoms with van der Waals surface area (Å²) in [4.78, 5) is 10.7. The Hall–Kier alpha value is -3.83. The SMILES string of the molecule is O=C(O)CCc1ccc(C#Cc2ccc3ccc4cccc5ccc2c3c45)cc1. The molecule has 138 valence electrons. The summed E-state index contributed by atoms with van der Waals surface area (Å²) in [7, 11) is 0. The number of rotatable bonds is 3. The molecule has 0 atom stereocenters. The monoisotopic (exact) mass is 374 g/mol. The Kier molecular flexibility index (Phi) is 4.15. The van der Waals surface area contributed by atoms with Crippen LogP contribution in [0.4, 0.5) is 0 Å². The fourth-order valence-corrected chi connectivity index (χ4v) is 3.99. The van der Waals surface area contributed by atoms with Crippen molar-refractivity contribution in [3.63, 3.8) is 0 Å². The van der Waals surface area contributed by atoms with Crippen molar-refractivity contribution < 1.29 is 9.90 Å². The van der Waals surface area contributed by atoms with Gasteiger partial charge >= 0.3 is 5.97 Å². The van der Waals surface area contributed by atoms with Gasteiger partial charge in [-0.15, -0.1) is 0 Å². The molecular weight excluding hydrogens is 356 g/mol. The molecule has 1 N–H and O–H groups in total. The van der Waals surface area contributed by atoms with E-state index < -0.39 is 5.97 Å². The van der Waals surface area contributed by atoms with Crippen LogP contribution >= 0.6 is 0 Å². The van der Waals surface area contributed by atoms with Crippen LogP contribution in [0.15, 0.2) is 78.9 Å². The molecule has 2 heteroatoms. The van der Waals surface area contributed by atoms with E-state index in [-0.39, 0.29) is 6.42 Å². The van der Waals surface area contributed by atoms with Gasteiger partial charge in [-0.05, 0) is 62.5 Å². The lowest BCUT2D eigenvalue weighted by molar-refractivity contribution is -0.136. The molecule has 0 bridgehead atoms. The first-order valence-electron chi connectivity index (χ1n) is 9.68. The third-order valence-electron chi connectivity index (χ3n) is 5.45. The zero-order chi connectivity index (χ0) is 19.8. The molecule has 0 saturated heterocycles. The highest BCUT2D eigenvalue weighted by Crippen LogP contribution is 2.35. The predicted octanol–water partition coefficient (Wildman–Crippen LogP) is 6.00. The molecule has 0 unspecified atom stereocenters. The molecule has 0 aliphatic carbocycles. The average molecular weight is 374 g/mol. The normalized spacial score (nSPS) is 11.0. The molecule has 5 aromatic carbocycles. The van der Waals surface area contributed by atoms with E-state index in [1.165, 1.54) is 32.3 Å². The molecule has 0 saturated carbocycles. The molecule has 0 aromatic heterocycles. The zero-order valence-corrected chi connectivity index (χ0v) is 15.8. The van der Waals surface area contributed by atoms with Crippen molar-refractivity contribution in [3.05, 3.63) is 95.6 Å². The Morgan fingerprint density at radius 1 is 0.724 bits per heavy atom. The Balaban J connectivity index is 1.56. The van der Waals surface area contributed by atoms with Gasteiger partial charge in [0.2, 0.25) is 0 Å². The van der Waals surface area contributed by atoms with Gasteiger partial charge in [0.1, 0.15) is 0 Å². The van der Waals surface area contributed by atoms with Crippen LogP contribution in [0.25, 0.3) is 32.3 Å². The summed E-state index contributed by atoms with van der Waals surface area (Å²) in [5.74, 6) is 5.83. The van der Waals surface area contributed by atoms with E-state index in [1.54, 1.807) is 0 Å². The number of carboxylic acids is 1. The highest BCUT2D eigenvalue weighted by atomic mass is 16.4. The number of hydrogen-bond donors (Lipinski definition) is 1. The fraction of sp³-hybridized carbons (Fsp3) is 0.0741.